The van der Waals surface area contributed by atoms with Crippen molar-refractivity contribution in [3.8, 4) is 11.5 Å². The van der Waals surface area contributed by atoms with Crippen LogP contribution in [0.4, 0.5) is 10.1 Å². The molecule has 1 aromatic heterocycles. The topological polar surface area (TPSA) is 104 Å². The number of fused-ring (bicyclic) bond motifs is 4. The van der Waals surface area contributed by atoms with Crippen molar-refractivity contribution in [1.29, 1.82) is 0 Å². The normalized spacial score (nSPS) is 31.1. The molecular weight excluding hydrogens is 630 g/mol. The Hall–Kier alpha value is -3.73. The average molecular weight is 656 g/mol. The van der Waals surface area contributed by atoms with E-state index in [4.69, 9.17) is 27.9 Å². The molecular formula is C32H25Cl2FN2O6S. The molecule has 2 aromatic carbocycles. The number of nitrogens with zero attached hydrogens (tertiary/aromatic N) is 2. The number of likely N-dealkylation sites (tertiary alicyclic amines) is 1. The summed E-state index contributed by atoms with van der Waals surface area (Å²) in [5, 5.41) is 13.1. The number of carbonyl (C=O) groups excluding carboxylic acids is 4. The first-order valence-corrected chi connectivity index (χ1v) is 15.6. The van der Waals surface area contributed by atoms with E-state index >= 15 is 0 Å². The SMILES string of the molecule is COc1cccc(O)c1[C@H]1C2=CC[C@@H]3C(=O)N(Cc4cccs4)C(=O)[C@@H]3[C@@H]2C[C@@]2(Cl)C(=O)N(c3ccc(F)cc3)C(=O)[C@@]12Cl. The zero-order valence-electron chi connectivity index (χ0n) is 23.2. The number of phenols is 1. The molecule has 0 spiro atoms. The fraction of sp³-hybridized carbons (Fsp3) is 0.312. The number of halogens is 3. The summed E-state index contributed by atoms with van der Waals surface area (Å²) in [4.78, 5) is 55.0. The van der Waals surface area contributed by atoms with Crippen molar-refractivity contribution in [3.05, 3.63) is 87.9 Å². The first-order valence-electron chi connectivity index (χ1n) is 14.0. The van der Waals surface area contributed by atoms with Crippen molar-refractivity contribution >= 4 is 63.9 Å². The van der Waals surface area contributed by atoms with Crippen LogP contribution in [0.1, 0.15) is 29.2 Å². The number of ether oxygens (including phenoxy) is 1. The van der Waals surface area contributed by atoms with Gasteiger partial charge in [-0.05, 0) is 66.6 Å². The lowest BCUT2D eigenvalue weighted by molar-refractivity contribution is -0.141. The van der Waals surface area contributed by atoms with E-state index in [1.807, 2.05) is 17.5 Å². The van der Waals surface area contributed by atoms with Crippen LogP contribution in [-0.2, 0) is 25.7 Å². The van der Waals surface area contributed by atoms with Crippen molar-refractivity contribution in [3.63, 3.8) is 0 Å². The van der Waals surface area contributed by atoms with Gasteiger partial charge in [0.1, 0.15) is 17.3 Å². The Labute approximate surface area is 265 Å². The highest BCUT2D eigenvalue weighted by Crippen LogP contribution is 2.67. The lowest BCUT2D eigenvalue weighted by atomic mass is 9.56. The first kappa shape index (κ1) is 29.0. The van der Waals surface area contributed by atoms with Gasteiger partial charge in [0.15, 0.2) is 9.75 Å². The average Bonchev–Trinajstić information content (AvgIpc) is 3.65. The Morgan fingerprint density at radius 1 is 1.00 bits per heavy atom. The number of anilines is 1. The van der Waals surface area contributed by atoms with Crippen molar-refractivity contribution in [1.82, 2.24) is 4.90 Å². The van der Waals surface area contributed by atoms with Crippen LogP contribution in [0.2, 0.25) is 0 Å². The number of methoxy groups -OCH3 is 1. The number of rotatable bonds is 5. The predicted octanol–water partition coefficient (Wildman–Crippen LogP) is 5.37. The first-order chi connectivity index (χ1) is 21.0. The molecule has 2 saturated heterocycles. The molecule has 1 N–H and O–H groups in total. The number of thiophene rings is 1. The molecule has 0 radical (unpaired) electrons. The predicted molar refractivity (Wildman–Crippen MR) is 161 cm³/mol. The summed E-state index contributed by atoms with van der Waals surface area (Å²) in [6.07, 6.45) is 1.77. The maximum atomic E-state index is 14.4. The van der Waals surface area contributed by atoms with E-state index in [-0.39, 0.29) is 54.0 Å². The minimum atomic E-state index is -2.18. The molecule has 6 atom stereocenters. The summed E-state index contributed by atoms with van der Waals surface area (Å²) in [5.74, 6) is -6.52. The summed E-state index contributed by atoms with van der Waals surface area (Å²) >= 11 is 16.1. The number of benzene rings is 2. The zero-order valence-corrected chi connectivity index (χ0v) is 25.5. The van der Waals surface area contributed by atoms with Gasteiger partial charge in [0, 0.05) is 16.4 Å². The molecule has 4 amide bonds. The van der Waals surface area contributed by atoms with Crippen molar-refractivity contribution in [2.75, 3.05) is 12.0 Å². The maximum absolute atomic E-state index is 14.4. The van der Waals surface area contributed by atoms with Gasteiger partial charge in [0.25, 0.3) is 11.8 Å². The Bertz CT molecular complexity index is 1760. The third-order valence-corrected chi connectivity index (χ3v) is 11.7. The summed E-state index contributed by atoms with van der Waals surface area (Å²) in [6.45, 7) is 0.127. The smallest absolute Gasteiger partial charge is 0.258 e. The van der Waals surface area contributed by atoms with E-state index in [1.54, 1.807) is 18.2 Å². The van der Waals surface area contributed by atoms with Gasteiger partial charge in [-0.1, -0.05) is 23.8 Å². The van der Waals surface area contributed by atoms with Gasteiger partial charge in [0.2, 0.25) is 11.8 Å². The highest BCUT2D eigenvalue weighted by atomic mass is 35.5. The number of phenolic OH excluding ortho intramolecular Hbond substituents is 1. The summed E-state index contributed by atoms with van der Waals surface area (Å²) in [7, 11) is 1.40. The summed E-state index contributed by atoms with van der Waals surface area (Å²) in [6, 6.07) is 13.0. The van der Waals surface area contributed by atoms with Gasteiger partial charge in [-0.15, -0.1) is 34.5 Å². The number of amides is 4. The van der Waals surface area contributed by atoms with Crippen LogP contribution < -0.4 is 9.64 Å². The monoisotopic (exact) mass is 654 g/mol. The molecule has 3 heterocycles. The highest BCUT2D eigenvalue weighted by molar-refractivity contribution is 7.09. The summed E-state index contributed by atoms with van der Waals surface area (Å²) < 4.78 is 19.4. The van der Waals surface area contributed by atoms with Crippen LogP contribution >= 0.6 is 34.5 Å². The minimum Gasteiger partial charge on any atom is -0.508 e. The van der Waals surface area contributed by atoms with Crippen molar-refractivity contribution in [2.24, 2.45) is 17.8 Å². The summed E-state index contributed by atoms with van der Waals surface area (Å²) in [5.41, 5.74) is 0.736. The molecule has 0 unspecified atom stereocenters. The van der Waals surface area contributed by atoms with Crippen LogP contribution in [0.15, 0.2) is 71.6 Å². The standard InChI is InChI=1S/C32H25Cl2FN2O6S/c1-43-23-6-2-5-22(38)25(23)26-19-11-12-20-24(28(40)36(27(20)39)15-18-4-3-13-44-18)21(19)14-31(33)29(41)37(30(42)32(26,31)34)17-9-7-16(35)8-10-17/h2-11,13,20-21,24,26,38H,12,14-15H2,1H3/t20-,21+,24-,26+,31+,32-/m0/s1. The number of alkyl halides is 2. The number of allylic oxidation sites excluding steroid dienone is 2. The second-order valence-corrected chi connectivity index (χ2v) is 13.8. The molecule has 7 rings (SSSR count). The third-order valence-electron chi connectivity index (χ3n) is 9.43. The number of hydrogen-bond donors (Lipinski definition) is 1. The van der Waals surface area contributed by atoms with Crippen LogP contribution in [-0.4, -0.2) is 50.5 Å². The molecule has 3 aromatic rings. The molecule has 3 fully saturated rings. The molecule has 226 valence electrons. The lowest BCUT2D eigenvalue weighted by Crippen LogP contribution is -2.60. The van der Waals surface area contributed by atoms with E-state index in [0.717, 1.165) is 21.9 Å². The van der Waals surface area contributed by atoms with E-state index in [9.17, 15) is 28.7 Å². The third kappa shape index (κ3) is 3.80. The van der Waals surface area contributed by atoms with Gasteiger partial charge >= 0.3 is 0 Å². The van der Waals surface area contributed by atoms with E-state index in [0.29, 0.717) is 5.57 Å². The van der Waals surface area contributed by atoms with Gasteiger partial charge in [-0.3, -0.25) is 24.1 Å². The number of aromatic hydroxyl groups is 1. The Kier molecular flexibility index (Phi) is 6.69. The van der Waals surface area contributed by atoms with Crippen LogP contribution in [0.3, 0.4) is 0 Å². The van der Waals surface area contributed by atoms with Crippen LogP contribution in [0.5, 0.6) is 11.5 Å². The molecule has 2 aliphatic heterocycles. The zero-order chi connectivity index (χ0) is 31.1. The Balaban J connectivity index is 1.41. The second-order valence-electron chi connectivity index (χ2n) is 11.5. The molecule has 2 aliphatic carbocycles. The molecule has 44 heavy (non-hydrogen) atoms. The van der Waals surface area contributed by atoms with E-state index < -0.39 is 51.1 Å². The molecule has 1 saturated carbocycles. The largest absolute Gasteiger partial charge is 0.508 e. The fourth-order valence-electron chi connectivity index (χ4n) is 7.50. The van der Waals surface area contributed by atoms with Gasteiger partial charge in [-0.25, -0.2) is 9.29 Å². The Morgan fingerprint density at radius 3 is 2.43 bits per heavy atom. The number of imide groups is 2. The highest BCUT2D eigenvalue weighted by Gasteiger charge is 2.77. The van der Waals surface area contributed by atoms with Crippen molar-refractivity contribution in [2.45, 2.75) is 35.1 Å². The molecule has 12 heteroatoms. The Morgan fingerprint density at radius 2 is 1.75 bits per heavy atom. The van der Waals surface area contributed by atoms with E-state index in [2.05, 4.69) is 0 Å². The number of carbonyl (C=O) groups is 4. The quantitative estimate of drug-likeness (QED) is 0.226. The molecule has 4 aliphatic rings. The molecule has 8 nitrogen and oxygen atoms in total. The van der Waals surface area contributed by atoms with Crippen LogP contribution in [0.25, 0.3) is 0 Å². The fourth-order valence-corrected chi connectivity index (χ4v) is 9.11. The van der Waals surface area contributed by atoms with E-state index in [1.165, 1.54) is 41.5 Å². The van der Waals surface area contributed by atoms with Crippen LogP contribution in [0, 0.1) is 23.6 Å². The lowest BCUT2D eigenvalue weighted by Gasteiger charge is -2.50. The van der Waals surface area contributed by atoms with Crippen molar-refractivity contribution < 1.29 is 33.4 Å². The maximum Gasteiger partial charge on any atom is 0.258 e. The van der Waals surface area contributed by atoms with Gasteiger partial charge < -0.3 is 9.84 Å². The second kappa shape index (κ2) is 10.2. The van der Waals surface area contributed by atoms with Gasteiger partial charge in [0.05, 0.1) is 31.2 Å². The minimum absolute atomic E-state index is 0.0721. The molecule has 0 bridgehead atoms. The van der Waals surface area contributed by atoms with Gasteiger partial charge in [-0.2, -0.15) is 0 Å². The number of hydrogen-bond acceptors (Lipinski definition) is 7.